The summed E-state index contributed by atoms with van der Waals surface area (Å²) >= 11 is 0. The third-order valence-electron chi connectivity index (χ3n) is 11.4. The number of ether oxygens (including phenoxy) is 4. The van der Waals surface area contributed by atoms with Crippen LogP contribution in [0, 0.1) is 11.6 Å². The van der Waals surface area contributed by atoms with Crippen molar-refractivity contribution in [2.45, 2.75) is 68.4 Å². The topological polar surface area (TPSA) is 139 Å². The molecule has 8 rings (SSSR count). The fraction of sp³-hybridized carbons (Fsp3) is 0.500. The highest BCUT2D eigenvalue weighted by Gasteiger charge is 2.50. The van der Waals surface area contributed by atoms with E-state index in [1.807, 2.05) is 6.92 Å². The highest BCUT2D eigenvalue weighted by molar-refractivity contribution is 6.03. The number of benzene rings is 3. The van der Waals surface area contributed by atoms with E-state index < -0.39 is 53.3 Å². The molecule has 1 aromatic heterocycles. The van der Waals surface area contributed by atoms with E-state index in [0.29, 0.717) is 31.4 Å². The Morgan fingerprint density at radius 1 is 1.17 bits per heavy atom. The third-order valence-corrected chi connectivity index (χ3v) is 11.4. The van der Waals surface area contributed by atoms with Crippen LogP contribution in [0.25, 0.3) is 32.8 Å². The van der Waals surface area contributed by atoms with Gasteiger partial charge in [-0.2, -0.15) is 9.97 Å². The number of alkyl halides is 1. The van der Waals surface area contributed by atoms with Crippen molar-refractivity contribution in [2.24, 2.45) is 0 Å². The fourth-order valence-corrected chi connectivity index (χ4v) is 8.94. The molecular weight excluding hydrogens is 695 g/mol. The summed E-state index contributed by atoms with van der Waals surface area (Å²) in [4.78, 5) is 26.4. The number of halogens is 3. The Balaban J connectivity index is 1.28. The molecule has 3 N–H and O–H groups in total. The normalized spacial score (nSPS) is 26.0. The van der Waals surface area contributed by atoms with Gasteiger partial charge in [0.2, 0.25) is 5.88 Å². The Morgan fingerprint density at radius 2 is 2.02 bits per heavy atom. The quantitative estimate of drug-likeness (QED) is 0.189. The van der Waals surface area contributed by atoms with E-state index in [4.69, 9.17) is 18.9 Å². The van der Waals surface area contributed by atoms with Crippen molar-refractivity contribution in [3.05, 3.63) is 53.6 Å². The maximum atomic E-state index is 17.2. The monoisotopic (exact) mass is 737 g/mol. The summed E-state index contributed by atoms with van der Waals surface area (Å²) in [6, 6.07) is 8.52. The Morgan fingerprint density at radius 3 is 2.81 bits per heavy atom. The van der Waals surface area contributed by atoms with E-state index in [1.165, 1.54) is 13.2 Å². The molecule has 2 bridgehead atoms. The van der Waals surface area contributed by atoms with Crippen LogP contribution in [0.3, 0.4) is 0 Å². The van der Waals surface area contributed by atoms with Gasteiger partial charge < -0.3 is 34.5 Å². The van der Waals surface area contributed by atoms with Crippen LogP contribution in [0.1, 0.15) is 50.7 Å². The van der Waals surface area contributed by atoms with Crippen LogP contribution in [-0.2, 0) is 4.74 Å². The number of fused-ring (bicyclic) bond motifs is 5. The van der Waals surface area contributed by atoms with Gasteiger partial charge in [0.15, 0.2) is 12.6 Å². The summed E-state index contributed by atoms with van der Waals surface area (Å²) in [5.74, 6) is -2.29. The van der Waals surface area contributed by atoms with Crippen LogP contribution >= 0.6 is 0 Å². The summed E-state index contributed by atoms with van der Waals surface area (Å²) in [7, 11) is 1.43. The van der Waals surface area contributed by atoms with E-state index in [2.05, 4.69) is 20.2 Å². The molecule has 1 amide bonds. The maximum Gasteiger partial charge on any atom is 0.417 e. The predicted molar refractivity (Wildman–Crippen MR) is 188 cm³/mol. The van der Waals surface area contributed by atoms with Crippen molar-refractivity contribution in [3.63, 3.8) is 0 Å². The van der Waals surface area contributed by atoms with Gasteiger partial charge in [0, 0.05) is 39.2 Å². The second kappa shape index (κ2) is 13.9. The Kier molecular flexibility index (Phi) is 9.34. The number of hydrogen-bond donors (Lipinski definition) is 3. The van der Waals surface area contributed by atoms with Gasteiger partial charge in [-0.25, -0.2) is 18.0 Å². The number of methoxy groups -OCH3 is 1. The Labute approximate surface area is 303 Å². The van der Waals surface area contributed by atoms with Crippen LogP contribution in [-0.4, -0.2) is 113 Å². The van der Waals surface area contributed by atoms with E-state index in [1.54, 1.807) is 29.2 Å². The fourth-order valence-electron chi connectivity index (χ4n) is 8.94. The minimum Gasteiger partial charge on any atom is -0.468 e. The number of nitrogens with one attached hydrogen (secondary N) is 1. The molecule has 3 unspecified atom stereocenters. The van der Waals surface area contributed by atoms with Crippen molar-refractivity contribution >= 4 is 27.8 Å². The molecule has 5 atom stereocenters. The number of carbonyl (C=O) groups excluding carboxylic acids is 1. The van der Waals surface area contributed by atoms with Crippen LogP contribution in [0.4, 0.5) is 18.0 Å². The van der Waals surface area contributed by atoms with Crippen molar-refractivity contribution in [1.29, 1.82) is 0 Å². The van der Waals surface area contributed by atoms with Gasteiger partial charge in [-0.05, 0) is 79.3 Å². The molecule has 0 radical (unpaired) electrons. The molecule has 3 aromatic carbocycles. The summed E-state index contributed by atoms with van der Waals surface area (Å²) < 4.78 is 71.2. The van der Waals surface area contributed by atoms with Gasteiger partial charge >= 0.3 is 12.1 Å². The van der Waals surface area contributed by atoms with Crippen molar-refractivity contribution < 1.29 is 47.1 Å². The number of hydrogen-bond acceptors (Lipinski definition) is 11. The maximum absolute atomic E-state index is 17.2. The van der Waals surface area contributed by atoms with E-state index in [-0.39, 0.29) is 70.9 Å². The minimum atomic E-state index is -1.36. The minimum absolute atomic E-state index is 0.0129. The van der Waals surface area contributed by atoms with Gasteiger partial charge in [0.1, 0.15) is 36.0 Å². The summed E-state index contributed by atoms with van der Waals surface area (Å²) in [5, 5.41) is 24.5. The first-order chi connectivity index (χ1) is 25.5. The second-order valence-electron chi connectivity index (χ2n) is 14.8. The Hall–Kier alpha value is -4.28. The van der Waals surface area contributed by atoms with Gasteiger partial charge in [-0.3, -0.25) is 9.80 Å². The molecule has 282 valence electrons. The zero-order valence-corrected chi connectivity index (χ0v) is 29.5. The number of rotatable bonds is 10. The number of aliphatic hydroxyl groups is 2. The van der Waals surface area contributed by atoms with Gasteiger partial charge in [0.25, 0.3) is 0 Å². The molecule has 4 aliphatic heterocycles. The lowest BCUT2D eigenvalue weighted by Gasteiger charge is -2.41. The number of amides is 1. The molecule has 15 heteroatoms. The molecule has 4 saturated heterocycles. The number of aromatic nitrogens is 2. The average molecular weight is 738 g/mol. The first-order valence-electron chi connectivity index (χ1n) is 18.0. The zero-order chi connectivity index (χ0) is 37.1. The van der Waals surface area contributed by atoms with E-state index in [0.717, 1.165) is 31.9 Å². The van der Waals surface area contributed by atoms with Gasteiger partial charge in [0.05, 0.1) is 28.6 Å². The van der Waals surface area contributed by atoms with Crippen LogP contribution in [0.2, 0.25) is 0 Å². The van der Waals surface area contributed by atoms with Crippen molar-refractivity contribution in [3.8, 4) is 28.8 Å². The molecule has 5 heterocycles. The average Bonchev–Trinajstić information content (AvgIpc) is 3.73. The van der Waals surface area contributed by atoms with Crippen LogP contribution < -0.4 is 19.5 Å². The SMILES string of the molecule is COCOc1cc(-c2c(F)cc3c(OC(=O)N4C5CCC4(C)CNC5)nc(OC[C@@]45CCCN4C[C@H](F)C5)nc3c2F)c2c(C(O)CO)cccc2c1. The summed E-state index contributed by atoms with van der Waals surface area (Å²) in [6.45, 7) is 3.35. The Bertz CT molecular complexity index is 2070. The standard InChI is InChI=1S/C38H42F3N5O7/c1-37-9-7-23(15-42-18-37)46(37)36(49)53-34-27-13-28(40)31(26-12-24(52-20-50-2)11-21-5-3-6-25(30(21)26)29(48)17-47)32(41)33(27)43-35(44-34)51-19-38-8-4-10-45(38)16-22(39)14-38/h3,5-6,11-13,22-23,29,42,47-48H,4,7-10,14-20H2,1-2H3/t22-,23?,29?,37?,38+/m1/s1. The first-order valence-corrected chi connectivity index (χ1v) is 18.0. The molecule has 0 spiro atoms. The van der Waals surface area contributed by atoms with Gasteiger partial charge in [-0.15, -0.1) is 0 Å². The molecule has 0 aliphatic carbocycles. The molecule has 53 heavy (non-hydrogen) atoms. The van der Waals surface area contributed by atoms with Crippen molar-refractivity contribution in [1.82, 2.24) is 25.1 Å². The lowest BCUT2D eigenvalue weighted by Crippen LogP contribution is -2.61. The molecular formula is C38H42F3N5O7. The molecule has 4 fully saturated rings. The molecule has 0 saturated carbocycles. The number of aliphatic hydroxyl groups excluding tert-OH is 2. The van der Waals surface area contributed by atoms with E-state index >= 15 is 8.78 Å². The number of nitrogens with zero attached hydrogens (tertiary/aromatic N) is 4. The van der Waals surface area contributed by atoms with Crippen LogP contribution in [0.15, 0.2) is 36.4 Å². The summed E-state index contributed by atoms with van der Waals surface area (Å²) in [5.41, 5.74) is -1.73. The smallest absolute Gasteiger partial charge is 0.417 e. The number of carbonyl (C=O) groups is 1. The lowest BCUT2D eigenvalue weighted by molar-refractivity contribution is 0.0512. The molecule has 4 aliphatic rings. The number of piperazine rings is 1. The van der Waals surface area contributed by atoms with E-state index in [9.17, 15) is 19.4 Å². The first kappa shape index (κ1) is 35.7. The zero-order valence-electron chi connectivity index (χ0n) is 29.5. The third kappa shape index (κ3) is 6.21. The van der Waals surface area contributed by atoms with Crippen molar-refractivity contribution in [2.75, 3.05) is 53.3 Å². The lowest BCUT2D eigenvalue weighted by atomic mass is 9.91. The summed E-state index contributed by atoms with van der Waals surface area (Å²) in [6.07, 6.45) is 0.282. The highest BCUT2D eigenvalue weighted by Crippen LogP contribution is 2.44. The van der Waals surface area contributed by atoms with Gasteiger partial charge in [-0.1, -0.05) is 18.2 Å². The predicted octanol–water partition coefficient (Wildman–Crippen LogP) is 5.02. The largest absolute Gasteiger partial charge is 0.468 e. The molecule has 12 nitrogen and oxygen atoms in total. The van der Waals surface area contributed by atoms with Crippen LogP contribution in [0.5, 0.6) is 17.6 Å². The molecule has 4 aromatic rings. The second-order valence-corrected chi connectivity index (χ2v) is 14.8. The highest BCUT2D eigenvalue weighted by atomic mass is 19.1.